The number of rotatable bonds is 5. The summed E-state index contributed by atoms with van der Waals surface area (Å²) in [5.41, 5.74) is 10.4. The Morgan fingerprint density at radius 2 is 2.31 bits per heavy atom. The van der Waals surface area contributed by atoms with Gasteiger partial charge in [0.25, 0.3) is 0 Å². The molecular weight excluding hydrogens is 212 g/mol. The molecule has 0 radical (unpaired) electrons. The fourth-order valence-electron chi connectivity index (χ4n) is 1.07. The maximum absolute atomic E-state index is 11.4. The number of aryl methyl sites for hydroxylation is 1. The van der Waals surface area contributed by atoms with Gasteiger partial charge in [-0.15, -0.1) is 10.2 Å². The van der Waals surface area contributed by atoms with Crippen molar-refractivity contribution < 1.29 is 9.59 Å². The quantitative estimate of drug-likeness (QED) is 0.517. The first-order chi connectivity index (χ1) is 7.50. The Balaban J connectivity index is 2.41. The van der Waals surface area contributed by atoms with Gasteiger partial charge in [-0.05, 0) is 0 Å². The summed E-state index contributed by atoms with van der Waals surface area (Å²) in [5.74, 6) is -0.456. The third kappa shape index (κ3) is 3.31. The van der Waals surface area contributed by atoms with Crippen molar-refractivity contribution in [3.8, 4) is 0 Å². The molecule has 0 aromatic carbocycles. The summed E-state index contributed by atoms with van der Waals surface area (Å²) >= 11 is 0. The monoisotopic (exact) mass is 226 g/mol. The van der Waals surface area contributed by atoms with Crippen molar-refractivity contribution in [3.05, 3.63) is 12.2 Å². The van der Waals surface area contributed by atoms with E-state index in [1.54, 1.807) is 11.6 Å². The van der Waals surface area contributed by atoms with Crippen LogP contribution in [0.25, 0.3) is 0 Å². The smallest absolute Gasteiger partial charge is 0.237 e. The zero-order valence-corrected chi connectivity index (χ0v) is 8.88. The van der Waals surface area contributed by atoms with E-state index >= 15 is 0 Å². The van der Waals surface area contributed by atoms with Crippen LogP contribution >= 0.6 is 0 Å². The summed E-state index contributed by atoms with van der Waals surface area (Å²) in [6, 6.07) is -0.925. The highest BCUT2D eigenvalue weighted by Crippen LogP contribution is 1.92. The summed E-state index contributed by atoms with van der Waals surface area (Å²) in [6.45, 7) is 0.210. The van der Waals surface area contributed by atoms with Crippen molar-refractivity contribution in [1.82, 2.24) is 20.1 Å². The van der Waals surface area contributed by atoms with Gasteiger partial charge in [-0.25, -0.2) is 0 Å². The molecule has 5 N–H and O–H groups in total. The standard InChI is InChI=1S/C8H14N6O2/c1-14-4-12-13-7(14)3-11-8(16)5(9)2-6(10)15/h4-5H,2-3,9H2,1H3,(H2,10,15)(H,11,16). The van der Waals surface area contributed by atoms with E-state index in [1.165, 1.54) is 6.33 Å². The number of amides is 2. The van der Waals surface area contributed by atoms with Crippen molar-refractivity contribution in [1.29, 1.82) is 0 Å². The van der Waals surface area contributed by atoms with Gasteiger partial charge in [-0.3, -0.25) is 9.59 Å². The lowest BCUT2D eigenvalue weighted by Crippen LogP contribution is -2.42. The average molecular weight is 226 g/mol. The van der Waals surface area contributed by atoms with E-state index in [0.29, 0.717) is 5.82 Å². The second-order valence-electron chi connectivity index (χ2n) is 3.35. The highest BCUT2D eigenvalue weighted by molar-refractivity contribution is 5.87. The molecule has 0 spiro atoms. The van der Waals surface area contributed by atoms with Crippen LogP contribution in [0.15, 0.2) is 6.33 Å². The van der Waals surface area contributed by atoms with Crippen LogP contribution in [0.2, 0.25) is 0 Å². The number of primary amides is 1. The maximum Gasteiger partial charge on any atom is 0.237 e. The number of nitrogens with one attached hydrogen (secondary N) is 1. The molecule has 8 nitrogen and oxygen atoms in total. The zero-order chi connectivity index (χ0) is 12.1. The molecule has 8 heteroatoms. The first-order valence-corrected chi connectivity index (χ1v) is 4.65. The van der Waals surface area contributed by atoms with Crippen LogP contribution in [-0.4, -0.2) is 32.6 Å². The second kappa shape index (κ2) is 5.21. The largest absolute Gasteiger partial charge is 0.370 e. The topological polar surface area (TPSA) is 129 Å². The van der Waals surface area contributed by atoms with Gasteiger partial charge in [0.15, 0.2) is 5.82 Å². The fraction of sp³-hybridized carbons (Fsp3) is 0.500. The lowest BCUT2D eigenvalue weighted by molar-refractivity contribution is -0.126. The number of hydrogen-bond acceptors (Lipinski definition) is 5. The highest BCUT2D eigenvalue weighted by atomic mass is 16.2. The van der Waals surface area contributed by atoms with Crippen molar-refractivity contribution in [2.24, 2.45) is 18.5 Å². The van der Waals surface area contributed by atoms with Gasteiger partial charge in [0, 0.05) is 7.05 Å². The minimum absolute atomic E-state index is 0.176. The molecule has 0 aliphatic carbocycles. The number of hydrogen-bond donors (Lipinski definition) is 3. The lowest BCUT2D eigenvalue weighted by atomic mass is 10.2. The minimum Gasteiger partial charge on any atom is -0.370 e. The van der Waals surface area contributed by atoms with Crippen molar-refractivity contribution in [2.45, 2.75) is 19.0 Å². The fourth-order valence-corrected chi connectivity index (χ4v) is 1.07. The molecule has 0 bridgehead atoms. The molecule has 0 aliphatic heterocycles. The zero-order valence-electron chi connectivity index (χ0n) is 8.88. The van der Waals surface area contributed by atoms with E-state index in [0.717, 1.165) is 0 Å². The molecule has 1 aromatic rings. The Labute approximate surface area is 92.0 Å². The number of carbonyl (C=O) groups excluding carboxylic acids is 2. The Morgan fingerprint density at radius 3 is 2.81 bits per heavy atom. The molecule has 1 heterocycles. The van der Waals surface area contributed by atoms with Crippen LogP contribution in [0.1, 0.15) is 12.2 Å². The molecule has 0 fully saturated rings. The maximum atomic E-state index is 11.4. The average Bonchev–Trinajstić information content (AvgIpc) is 2.59. The second-order valence-corrected chi connectivity index (χ2v) is 3.35. The van der Waals surface area contributed by atoms with Crippen LogP contribution in [0, 0.1) is 0 Å². The lowest BCUT2D eigenvalue weighted by Gasteiger charge is -2.09. The number of nitrogens with zero attached hydrogens (tertiary/aromatic N) is 3. The van der Waals surface area contributed by atoms with Crippen LogP contribution in [0.3, 0.4) is 0 Å². The van der Waals surface area contributed by atoms with Crippen molar-refractivity contribution in [3.63, 3.8) is 0 Å². The van der Waals surface area contributed by atoms with E-state index in [9.17, 15) is 9.59 Å². The van der Waals surface area contributed by atoms with E-state index in [-0.39, 0.29) is 13.0 Å². The third-order valence-electron chi connectivity index (χ3n) is 1.98. The first-order valence-electron chi connectivity index (χ1n) is 4.65. The first kappa shape index (κ1) is 12.1. The molecule has 0 aliphatic rings. The Morgan fingerprint density at radius 1 is 1.62 bits per heavy atom. The van der Waals surface area contributed by atoms with Gasteiger partial charge in [-0.1, -0.05) is 0 Å². The van der Waals surface area contributed by atoms with E-state index in [1.807, 2.05) is 0 Å². The Bertz CT molecular complexity index is 388. The molecule has 16 heavy (non-hydrogen) atoms. The summed E-state index contributed by atoms with van der Waals surface area (Å²) in [5, 5.41) is 9.96. The van der Waals surface area contributed by atoms with Crippen LogP contribution < -0.4 is 16.8 Å². The van der Waals surface area contributed by atoms with Gasteiger partial charge in [0.05, 0.1) is 19.0 Å². The Kier molecular flexibility index (Phi) is 3.95. The SMILES string of the molecule is Cn1cnnc1CNC(=O)C(N)CC(N)=O. The van der Waals surface area contributed by atoms with Gasteiger partial charge >= 0.3 is 0 Å². The number of nitrogens with two attached hydrogens (primary N) is 2. The van der Waals surface area contributed by atoms with Gasteiger partial charge in [0.1, 0.15) is 6.33 Å². The third-order valence-corrected chi connectivity index (χ3v) is 1.98. The summed E-state index contributed by atoms with van der Waals surface area (Å²) in [4.78, 5) is 21.9. The summed E-state index contributed by atoms with van der Waals surface area (Å²) in [6.07, 6.45) is 1.34. The molecule has 1 rings (SSSR count). The molecule has 1 aromatic heterocycles. The van der Waals surface area contributed by atoms with E-state index in [2.05, 4.69) is 15.5 Å². The van der Waals surface area contributed by atoms with Gasteiger partial charge in [0.2, 0.25) is 11.8 Å². The van der Waals surface area contributed by atoms with Gasteiger partial charge in [-0.2, -0.15) is 0 Å². The predicted molar refractivity (Wildman–Crippen MR) is 54.6 cm³/mol. The normalized spacial score (nSPS) is 12.1. The highest BCUT2D eigenvalue weighted by Gasteiger charge is 2.16. The predicted octanol–water partition coefficient (Wildman–Crippen LogP) is -2.37. The number of carbonyl (C=O) groups is 2. The van der Waals surface area contributed by atoms with Crippen LogP contribution in [0.5, 0.6) is 0 Å². The van der Waals surface area contributed by atoms with E-state index < -0.39 is 17.9 Å². The molecule has 88 valence electrons. The molecule has 0 saturated heterocycles. The molecule has 0 saturated carbocycles. The summed E-state index contributed by atoms with van der Waals surface area (Å²) < 4.78 is 1.67. The number of aromatic nitrogens is 3. The van der Waals surface area contributed by atoms with Crippen LogP contribution in [-0.2, 0) is 23.2 Å². The van der Waals surface area contributed by atoms with E-state index in [4.69, 9.17) is 11.5 Å². The van der Waals surface area contributed by atoms with Crippen molar-refractivity contribution >= 4 is 11.8 Å². The van der Waals surface area contributed by atoms with Crippen molar-refractivity contribution in [2.75, 3.05) is 0 Å². The minimum atomic E-state index is -0.925. The molecule has 1 unspecified atom stereocenters. The summed E-state index contributed by atoms with van der Waals surface area (Å²) in [7, 11) is 1.75. The molecule has 1 atom stereocenters. The molecular formula is C8H14N6O2. The van der Waals surface area contributed by atoms with Crippen LogP contribution in [0.4, 0.5) is 0 Å². The van der Waals surface area contributed by atoms with Gasteiger partial charge < -0.3 is 21.4 Å². The molecule has 2 amide bonds. The Hall–Kier alpha value is -1.96.